The number of aromatic nitrogens is 2. The normalized spacial score (nSPS) is 10.4. The van der Waals surface area contributed by atoms with E-state index in [4.69, 9.17) is 16.3 Å². The van der Waals surface area contributed by atoms with Crippen LogP contribution in [0.15, 0.2) is 36.8 Å². The van der Waals surface area contributed by atoms with Gasteiger partial charge in [-0.2, -0.15) is 0 Å². The molecule has 0 aliphatic carbocycles. The zero-order valence-corrected chi connectivity index (χ0v) is 9.81. The lowest BCUT2D eigenvalue weighted by molar-refractivity contribution is 0.408. The number of benzene rings is 1. The van der Waals surface area contributed by atoms with Crippen molar-refractivity contribution in [3.8, 4) is 5.75 Å². The predicted octanol–water partition coefficient (Wildman–Crippen LogP) is 2.68. The van der Waals surface area contributed by atoms with Gasteiger partial charge in [-0.1, -0.05) is 18.2 Å². The number of nitrogens with zero attached hydrogens (tertiary/aromatic N) is 2. The van der Waals surface area contributed by atoms with Crippen molar-refractivity contribution >= 4 is 11.6 Å². The number of halogens is 1. The lowest BCUT2D eigenvalue weighted by Crippen LogP contribution is -2.03. The Bertz CT molecular complexity index is 468. The Balaban J connectivity index is 2.26. The number of para-hydroxylation sites is 1. The molecule has 2 rings (SSSR count). The monoisotopic (exact) mass is 236 g/mol. The van der Waals surface area contributed by atoms with Gasteiger partial charge in [0.15, 0.2) is 0 Å². The van der Waals surface area contributed by atoms with Gasteiger partial charge in [0.05, 0.1) is 31.6 Å². The quantitative estimate of drug-likeness (QED) is 0.764. The van der Waals surface area contributed by atoms with Crippen LogP contribution in [0.25, 0.3) is 0 Å². The molecule has 0 aliphatic rings. The molecule has 0 N–H and O–H groups in total. The van der Waals surface area contributed by atoms with Crippen molar-refractivity contribution < 1.29 is 4.74 Å². The minimum Gasteiger partial charge on any atom is -0.496 e. The molecule has 0 bridgehead atoms. The van der Waals surface area contributed by atoms with Crippen molar-refractivity contribution in [1.29, 1.82) is 0 Å². The molecule has 1 aromatic carbocycles. The van der Waals surface area contributed by atoms with Gasteiger partial charge in [-0.15, -0.1) is 11.6 Å². The summed E-state index contributed by atoms with van der Waals surface area (Å²) in [6.07, 6.45) is 3.56. The van der Waals surface area contributed by atoms with Crippen molar-refractivity contribution in [2.24, 2.45) is 0 Å². The van der Waals surface area contributed by atoms with Crippen LogP contribution in [0.3, 0.4) is 0 Å². The summed E-state index contributed by atoms with van der Waals surface area (Å²) in [5.41, 5.74) is 2.13. The van der Waals surface area contributed by atoms with E-state index in [0.29, 0.717) is 5.88 Å². The Morgan fingerprint density at radius 1 is 1.38 bits per heavy atom. The summed E-state index contributed by atoms with van der Waals surface area (Å²) >= 11 is 5.82. The Morgan fingerprint density at radius 3 is 2.94 bits per heavy atom. The van der Waals surface area contributed by atoms with E-state index in [1.165, 1.54) is 0 Å². The van der Waals surface area contributed by atoms with Gasteiger partial charge < -0.3 is 9.30 Å². The van der Waals surface area contributed by atoms with Crippen LogP contribution in [-0.4, -0.2) is 16.7 Å². The number of hydrogen-bond acceptors (Lipinski definition) is 2. The maximum atomic E-state index is 5.82. The fourth-order valence-corrected chi connectivity index (χ4v) is 1.84. The SMILES string of the molecule is COc1ccccc1Cn1cncc1CCl. The van der Waals surface area contributed by atoms with Gasteiger partial charge in [0.2, 0.25) is 0 Å². The third-order valence-electron chi connectivity index (χ3n) is 2.47. The van der Waals surface area contributed by atoms with Crippen LogP contribution >= 0.6 is 11.6 Å². The molecule has 3 nitrogen and oxygen atoms in total. The summed E-state index contributed by atoms with van der Waals surface area (Å²) in [6, 6.07) is 7.94. The Hall–Kier alpha value is -1.48. The highest BCUT2D eigenvalue weighted by Crippen LogP contribution is 2.19. The van der Waals surface area contributed by atoms with Gasteiger partial charge in [-0.25, -0.2) is 4.98 Å². The second-order valence-electron chi connectivity index (χ2n) is 3.46. The first-order valence-corrected chi connectivity index (χ1v) is 5.55. The number of ether oxygens (including phenoxy) is 1. The molecule has 4 heteroatoms. The highest BCUT2D eigenvalue weighted by molar-refractivity contribution is 6.16. The van der Waals surface area contributed by atoms with E-state index in [9.17, 15) is 0 Å². The van der Waals surface area contributed by atoms with Crippen molar-refractivity contribution in [3.05, 3.63) is 48.0 Å². The molecule has 0 unspecified atom stereocenters. The van der Waals surface area contributed by atoms with Crippen LogP contribution in [0.2, 0.25) is 0 Å². The molecule has 1 heterocycles. The molecule has 0 aliphatic heterocycles. The largest absolute Gasteiger partial charge is 0.496 e. The van der Waals surface area contributed by atoms with E-state index in [1.54, 1.807) is 19.6 Å². The van der Waals surface area contributed by atoms with E-state index in [1.807, 2.05) is 28.8 Å². The zero-order valence-electron chi connectivity index (χ0n) is 9.06. The molecule has 0 amide bonds. The van der Waals surface area contributed by atoms with E-state index < -0.39 is 0 Å². The third-order valence-corrected chi connectivity index (χ3v) is 2.74. The summed E-state index contributed by atoms with van der Waals surface area (Å²) in [5, 5.41) is 0. The van der Waals surface area contributed by atoms with Crippen LogP contribution < -0.4 is 4.74 Å². The molecule has 0 saturated heterocycles. The number of rotatable bonds is 4. The molecular weight excluding hydrogens is 224 g/mol. The average molecular weight is 237 g/mol. The third kappa shape index (κ3) is 2.19. The molecule has 84 valence electrons. The van der Waals surface area contributed by atoms with Gasteiger partial charge in [0.1, 0.15) is 5.75 Å². The summed E-state index contributed by atoms with van der Waals surface area (Å²) in [6.45, 7) is 0.728. The Morgan fingerprint density at radius 2 is 2.19 bits per heavy atom. The first-order chi connectivity index (χ1) is 7.85. The molecule has 16 heavy (non-hydrogen) atoms. The fourth-order valence-electron chi connectivity index (χ4n) is 1.62. The van der Waals surface area contributed by atoms with E-state index in [2.05, 4.69) is 4.98 Å². The maximum Gasteiger partial charge on any atom is 0.123 e. The lowest BCUT2D eigenvalue weighted by Gasteiger charge is -2.10. The minimum absolute atomic E-state index is 0.467. The molecule has 0 radical (unpaired) electrons. The van der Waals surface area contributed by atoms with Crippen molar-refractivity contribution in [2.45, 2.75) is 12.4 Å². The highest BCUT2D eigenvalue weighted by Gasteiger charge is 2.05. The van der Waals surface area contributed by atoms with Gasteiger partial charge in [-0.05, 0) is 6.07 Å². The van der Waals surface area contributed by atoms with Gasteiger partial charge in [0.25, 0.3) is 0 Å². The van der Waals surface area contributed by atoms with Gasteiger partial charge in [0, 0.05) is 11.8 Å². The molecule has 0 saturated carbocycles. The molecule has 1 aromatic heterocycles. The second-order valence-corrected chi connectivity index (χ2v) is 3.73. The smallest absolute Gasteiger partial charge is 0.123 e. The summed E-state index contributed by atoms with van der Waals surface area (Å²) < 4.78 is 7.32. The lowest BCUT2D eigenvalue weighted by atomic mass is 10.2. The van der Waals surface area contributed by atoms with Crippen molar-refractivity contribution in [1.82, 2.24) is 9.55 Å². The number of methoxy groups -OCH3 is 1. The summed E-state index contributed by atoms with van der Waals surface area (Å²) in [5.74, 6) is 1.35. The van der Waals surface area contributed by atoms with E-state index in [-0.39, 0.29) is 0 Å². The minimum atomic E-state index is 0.467. The van der Waals surface area contributed by atoms with Crippen molar-refractivity contribution in [2.75, 3.05) is 7.11 Å². The van der Waals surface area contributed by atoms with Gasteiger partial charge >= 0.3 is 0 Å². The van der Waals surface area contributed by atoms with E-state index in [0.717, 1.165) is 23.6 Å². The zero-order chi connectivity index (χ0) is 11.4. The Labute approximate surface area is 99.6 Å². The first kappa shape index (κ1) is 11.0. The maximum absolute atomic E-state index is 5.82. The molecule has 2 aromatic rings. The molecule has 0 spiro atoms. The van der Waals surface area contributed by atoms with Crippen LogP contribution in [0.4, 0.5) is 0 Å². The standard InChI is InChI=1S/C12H13ClN2O/c1-16-12-5-3-2-4-10(12)8-15-9-14-7-11(15)6-13/h2-5,7,9H,6,8H2,1H3. The predicted molar refractivity (Wildman–Crippen MR) is 63.9 cm³/mol. The first-order valence-electron chi connectivity index (χ1n) is 5.02. The van der Waals surface area contributed by atoms with Gasteiger partial charge in [-0.3, -0.25) is 0 Å². The molecule has 0 fully saturated rings. The number of imidazole rings is 1. The summed E-state index contributed by atoms with van der Waals surface area (Å²) in [4.78, 5) is 4.08. The second kappa shape index (κ2) is 5.03. The molecular formula is C12H13ClN2O. The van der Waals surface area contributed by atoms with Crippen LogP contribution in [0.5, 0.6) is 5.75 Å². The topological polar surface area (TPSA) is 27.1 Å². The van der Waals surface area contributed by atoms with Crippen molar-refractivity contribution in [3.63, 3.8) is 0 Å². The van der Waals surface area contributed by atoms with Crippen LogP contribution in [0.1, 0.15) is 11.3 Å². The fraction of sp³-hybridized carbons (Fsp3) is 0.250. The van der Waals surface area contributed by atoms with E-state index >= 15 is 0 Å². The number of alkyl halides is 1. The van der Waals surface area contributed by atoms with Crippen LogP contribution in [0, 0.1) is 0 Å². The molecule has 0 atom stereocenters. The number of hydrogen-bond donors (Lipinski definition) is 0. The van der Waals surface area contributed by atoms with Crippen LogP contribution in [-0.2, 0) is 12.4 Å². The summed E-state index contributed by atoms with van der Waals surface area (Å²) in [7, 11) is 1.68. The average Bonchev–Trinajstić information content (AvgIpc) is 2.77. The highest BCUT2D eigenvalue weighted by atomic mass is 35.5. The Kier molecular flexibility index (Phi) is 3.47.